The van der Waals surface area contributed by atoms with Gasteiger partial charge in [0, 0.05) is 1.37 Å². The van der Waals surface area contributed by atoms with Crippen LogP contribution in [0.5, 0.6) is 0 Å². The van der Waals surface area contributed by atoms with Crippen LogP contribution in [0.2, 0.25) is 0 Å². The van der Waals surface area contributed by atoms with E-state index >= 15 is 0 Å². The van der Waals surface area contributed by atoms with Crippen molar-refractivity contribution < 1.29 is 11.3 Å². The molecule has 0 aliphatic carbocycles. The van der Waals surface area contributed by atoms with Gasteiger partial charge in [-0.15, -0.1) is 0 Å². The van der Waals surface area contributed by atoms with Crippen molar-refractivity contribution in [1.82, 2.24) is 0 Å². The molecular weight excluding hydrogens is 188 g/mol. The van der Waals surface area contributed by atoms with Crippen molar-refractivity contribution in [3.8, 4) is 0 Å². The van der Waals surface area contributed by atoms with Gasteiger partial charge in [-0.2, -0.15) is 0 Å². The maximum atomic E-state index is 11.3. The average Bonchev–Trinajstić information content (AvgIpc) is 2.27. The Hall–Kier alpha value is -1.31. The third-order valence-corrected chi connectivity index (χ3v) is 2.34. The molecule has 0 spiro atoms. The van der Waals surface area contributed by atoms with E-state index in [0.29, 0.717) is 11.5 Å². The number of carbonyl (C=O) groups is 1. The first kappa shape index (κ1) is 8.96. The van der Waals surface area contributed by atoms with Crippen molar-refractivity contribution in [1.29, 1.82) is 1.43 Å². The lowest BCUT2D eigenvalue weighted by Gasteiger charge is -2.09. The molecule has 1 aromatic carbocycles. The maximum absolute atomic E-state index is 11.3. The van der Waals surface area contributed by atoms with Gasteiger partial charge in [-0.1, -0.05) is 38.1 Å². The molecule has 2 nitrogen and oxygen atoms in total. The van der Waals surface area contributed by atoms with E-state index in [9.17, 15) is 4.79 Å². The lowest BCUT2D eigenvalue weighted by Crippen LogP contribution is -2.07. The van der Waals surface area contributed by atoms with E-state index in [0.717, 1.165) is 6.42 Å². The van der Waals surface area contributed by atoms with Gasteiger partial charge in [-0.05, 0) is 30.4 Å². The van der Waals surface area contributed by atoms with E-state index in [1.807, 2.05) is 12.1 Å². The molecule has 0 fully saturated rings. The zero-order valence-electron chi connectivity index (χ0n) is 11.4. The Bertz CT molecular complexity index is 383. The van der Waals surface area contributed by atoms with Gasteiger partial charge in [-0.3, -0.25) is 4.79 Å². The van der Waals surface area contributed by atoms with Crippen molar-refractivity contribution in [2.75, 3.05) is 0 Å². The summed E-state index contributed by atoms with van der Waals surface area (Å²) >= 11 is 0. The summed E-state index contributed by atoms with van der Waals surface area (Å²) in [5.41, 5.74) is 1.72. The van der Waals surface area contributed by atoms with Crippen LogP contribution in [-0.2, 0) is 11.2 Å². The summed E-state index contributed by atoms with van der Waals surface area (Å²) in [6, 6.07) is 7.34. The molecule has 0 aromatic heterocycles. The van der Waals surface area contributed by atoms with Crippen LogP contribution in [0.4, 0.5) is 0 Å². The normalized spacial score (nSPS) is 16.5. The molecule has 0 aliphatic rings. The Labute approximate surface area is 93.8 Å². The average molecular weight is 208 g/mol. The molecular formula is C13H18O2. The van der Waals surface area contributed by atoms with Crippen molar-refractivity contribution in [3.05, 3.63) is 35.4 Å². The van der Waals surface area contributed by atoms with Gasteiger partial charge in [0.25, 0.3) is 1.43 Å². The van der Waals surface area contributed by atoms with Gasteiger partial charge < -0.3 is 5.11 Å². The molecule has 1 N–H and O–H groups in total. The molecule has 0 radical (unpaired) electrons. The number of carboxylic acids is 1. The molecule has 0 aliphatic heterocycles. The standard InChI is InChI=1S/C13H18O2/c1-9(2)8-11-4-6-12(7-5-11)10(3)13(14)15/h4-7,9-10H,8H2,1-3H3,(H,14,15)/t10-/m0/s1/i10D/hD. The number of benzene rings is 1. The summed E-state index contributed by atoms with van der Waals surface area (Å²) in [5.74, 6) is -1.81. The zero-order chi connectivity index (χ0) is 13.1. The van der Waals surface area contributed by atoms with E-state index in [1.165, 1.54) is 12.5 Å². The molecule has 1 rings (SSSR count). The third-order valence-electron chi connectivity index (χ3n) is 2.34. The summed E-state index contributed by atoms with van der Waals surface area (Å²) in [5, 5.41) is 3.89. The quantitative estimate of drug-likeness (QED) is 0.825. The van der Waals surface area contributed by atoms with E-state index < -0.39 is 11.9 Å². The largest absolute Gasteiger partial charge is 0.481 e. The smallest absolute Gasteiger partial charge is 0.310 e. The van der Waals surface area contributed by atoms with Crippen LogP contribution in [0.1, 0.15) is 39.2 Å². The van der Waals surface area contributed by atoms with Gasteiger partial charge in [0.1, 0.15) is 0 Å². The Kier molecular flexibility index (Phi) is 2.96. The van der Waals surface area contributed by atoms with Gasteiger partial charge in [-0.25, -0.2) is 0 Å². The maximum Gasteiger partial charge on any atom is 0.310 e. The predicted octanol–water partition coefficient (Wildman–Crippen LogP) is 3.07. The zero-order valence-corrected chi connectivity index (χ0v) is 9.41. The minimum absolute atomic E-state index is 0.544. The molecule has 82 valence electrons. The summed E-state index contributed by atoms with van der Waals surface area (Å²) in [6.45, 7) is 5.71. The third kappa shape index (κ3) is 3.39. The molecule has 1 aromatic rings. The minimum atomic E-state index is -1.52. The van der Waals surface area contributed by atoms with Gasteiger partial charge in [0.15, 0.2) is 0 Å². The predicted molar refractivity (Wildman–Crippen MR) is 61.0 cm³/mol. The first-order valence-electron chi connectivity index (χ1n) is 6.05. The highest BCUT2D eigenvalue weighted by Crippen LogP contribution is 2.17. The van der Waals surface area contributed by atoms with E-state index in [-0.39, 0.29) is 0 Å². The van der Waals surface area contributed by atoms with Crippen LogP contribution in [-0.4, -0.2) is 11.1 Å². The van der Waals surface area contributed by atoms with E-state index in [4.69, 9.17) is 2.80 Å². The molecule has 0 saturated carbocycles. The Morgan fingerprint density at radius 3 is 2.47 bits per heavy atom. The van der Waals surface area contributed by atoms with Crippen LogP contribution >= 0.6 is 0 Å². The van der Waals surface area contributed by atoms with Crippen LogP contribution < -0.4 is 0 Å². The molecule has 0 saturated heterocycles. The fourth-order valence-electron chi connectivity index (χ4n) is 1.48. The SMILES string of the molecule is [2H]OC(=O)[C@@]([2H])(C)c1ccc(CC(C)C)cc1. The minimum Gasteiger partial charge on any atom is -0.481 e. The van der Waals surface area contributed by atoms with E-state index in [1.54, 1.807) is 12.1 Å². The van der Waals surface area contributed by atoms with Crippen molar-refractivity contribution in [2.45, 2.75) is 33.1 Å². The second kappa shape index (κ2) is 4.96. The molecule has 0 bridgehead atoms. The molecule has 1 atom stereocenters. The Morgan fingerprint density at radius 1 is 1.40 bits per heavy atom. The molecule has 0 heterocycles. The van der Waals surface area contributed by atoms with E-state index in [2.05, 4.69) is 19.0 Å². The van der Waals surface area contributed by atoms with Crippen LogP contribution in [0.15, 0.2) is 24.3 Å². The van der Waals surface area contributed by atoms with Crippen LogP contribution in [0.25, 0.3) is 1.43 Å². The second-order valence-electron chi connectivity index (χ2n) is 4.21. The molecule has 2 heteroatoms. The molecule has 0 amide bonds. The van der Waals surface area contributed by atoms with Crippen LogP contribution in [0.3, 0.4) is 0 Å². The highest BCUT2D eigenvalue weighted by atomic mass is 16.4. The summed E-state index contributed by atoms with van der Waals surface area (Å²) in [6.07, 6.45) is 0.970. The highest BCUT2D eigenvalue weighted by Gasteiger charge is 2.12. The van der Waals surface area contributed by atoms with Gasteiger partial charge >= 0.3 is 5.97 Å². The number of aliphatic carboxylic acids is 1. The summed E-state index contributed by atoms with van der Waals surface area (Å²) in [7, 11) is 0. The van der Waals surface area contributed by atoms with Crippen molar-refractivity contribution >= 4 is 5.97 Å². The number of hydrogen-bond donors (Lipinski definition) is 1. The molecule has 15 heavy (non-hydrogen) atoms. The fraction of sp³-hybridized carbons (Fsp3) is 0.462. The van der Waals surface area contributed by atoms with Gasteiger partial charge in [0.05, 0.1) is 5.89 Å². The van der Waals surface area contributed by atoms with Crippen molar-refractivity contribution in [2.24, 2.45) is 5.92 Å². The topological polar surface area (TPSA) is 37.3 Å². The highest BCUT2D eigenvalue weighted by molar-refractivity contribution is 5.75. The fourth-order valence-corrected chi connectivity index (χ4v) is 1.48. The second-order valence-corrected chi connectivity index (χ2v) is 4.21. The number of carboxylic acid groups (broad SMARTS) is 1. The first-order chi connectivity index (χ1) is 7.87. The monoisotopic (exact) mass is 208 g/mol. The summed E-state index contributed by atoms with van der Waals surface area (Å²) in [4.78, 5) is 11.3. The Balaban J connectivity index is 2.90. The lowest BCUT2D eigenvalue weighted by molar-refractivity contribution is -0.138. The Morgan fingerprint density at radius 2 is 2.00 bits per heavy atom. The summed E-state index contributed by atoms with van der Waals surface area (Å²) < 4.78 is 14.5. The number of hydrogen-bond acceptors (Lipinski definition) is 2. The van der Waals surface area contributed by atoms with Crippen LogP contribution in [0, 0.1) is 5.92 Å². The molecule has 0 unspecified atom stereocenters. The lowest BCUT2D eigenvalue weighted by atomic mass is 9.97. The first-order valence-corrected chi connectivity index (χ1v) is 5.15. The van der Waals surface area contributed by atoms with Crippen molar-refractivity contribution in [3.63, 3.8) is 0 Å². The number of rotatable bonds is 4. The van der Waals surface area contributed by atoms with Gasteiger partial charge in [0.2, 0.25) is 0 Å².